The van der Waals surface area contributed by atoms with Gasteiger partial charge in [0.25, 0.3) is 0 Å². The van der Waals surface area contributed by atoms with Crippen LogP contribution in [0.5, 0.6) is 0 Å². The lowest BCUT2D eigenvalue weighted by molar-refractivity contribution is -0.146. The van der Waals surface area contributed by atoms with Gasteiger partial charge in [-0.3, -0.25) is 9.59 Å². The van der Waals surface area contributed by atoms with Gasteiger partial charge in [0, 0.05) is 4.88 Å². The Morgan fingerprint density at radius 3 is 2.43 bits per heavy atom. The maximum absolute atomic E-state index is 13.1. The van der Waals surface area contributed by atoms with Crippen molar-refractivity contribution < 1.29 is 24.2 Å². The number of rotatable bonds is 4. The number of aryl methyl sites for hydroxylation is 1. The highest BCUT2D eigenvalue weighted by atomic mass is 32.1. The monoisotopic (exact) mass is 403 g/mol. The van der Waals surface area contributed by atoms with E-state index in [0.717, 1.165) is 42.5 Å². The molecule has 1 fully saturated rings. The van der Waals surface area contributed by atoms with E-state index in [1.807, 2.05) is 12.2 Å². The highest BCUT2D eigenvalue weighted by Gasteiger charge is 2.51. The number of fused-ring (bicyclic) bond motifs is 3. The van der Waals surface area contributed by atoms with Crippen LogP contribution < -0.4 is 5.32 Å². The molecule has 1 amide bonds. The van der Waals surface area contributed by atoms with E-state index in [1.54, 1.807) is 0 Å². The summed E-state index contributed by atoms with van der Waals surface area (Å²) < 4.78 is 5.00. The lowest BCUT2D eigenvalue weighted by Gasteiger charge is -2.23. The minimum Gasteiger partial charge on any atom is -0.481 e. The van der Waals surface area contributed by atoms with E-state index >= 15 is 0 Å². The Kier molecular flexibility index (Phi) is 5.27. The number of carboxylic acids is 1. The zero-order chi connectivity index (χ0) is 19.8. The number of hydrogen-bond acceptors (Lipinski definition) is 5. The van der Waals surface area contributed by atoms with Gasteiger partial charge in [0.05, 0.1) is 24.5 Å². The molecule has 0 unspecified atom stereocenters. The van der Waals surface area contributed by atoms with Gasteiger partial charge in [-0.1, -0.05) is 25.0 Å². The minimum absolute atomic E-state index is 0.0475. The molecular formula is C21H25NO5S. The van der Waals surface area contributed by atoms with Crippen molar-refractivity contribution in [2.45, 2.75) is 44.9 Å². The molecule has 28 heavy (non-hydrogen) atoms. The molecule has 3 aliphatic carbocycles. The molecule has 3 aliphatic rings. The van der Waals surface area contributed by atoms with Crippen molar-refractivity contribution in [3.8, 4) is 0 Å². The molecule has 1 saturated carbocycles. The normalized spacial score (nSPS) is 28.3. The third kappa shape index (κ3) is 3.26. The van der Waals surface area contributed by atoms with Crippen molar-refractivity contribution in [3.63, 3.8) is 0 Å². The van der Waals surface area contributed by atoms with Gasteiger partial charge in [0.2, 0.25) is 5.91 Å². The van der Waals surface area contributed by atoms with E-state index < -0.39 is 23.8 Å². The van der Waals surface area contributed by atoms with Crippen LogP contribution in [-0.2, 0) is 27.2 Å². The molecule has 4 atom stereocenters. The molecule has 6 nitrogen and oxygen atoms in total. The third-order valence-corrected chi connectivity index (χ3v) is 7.55. The van der Waals surface area contributed by atoms with E-state index in [0.29, 0.717) is 17.0 Å². The fraction of sp³-hybridized carbons (Fsp3) is 0.571. The predicted molar refractivity (Wildman–Crippen MR) is 106 cm³/mol. The van der Waals surface area contributed by atoms with Crippen LogP contribution in [0.25, 0.3) is 0 Å². The average Bonchev–Trinajstić information content (AvgIpc) is 3.34. The first-order chi connectivity index (χ1) is 13.5. The van der Waals surface area contributed by atoms with Crippen LogP contribution >= 0.6 is 11.3 Å². The Labute approximate surface area is 168 Å². The summed E-state index contributed by atoms with van der Waals surface area (Å²) in [5.74, 6) is -3.08. The number of methoxy groups -OCH3 is 1. The van der Waals surface area contributed by atoms with Gasteiger partial charge >= 0.3 is 11.9 Å². The van der Waals surface area contributed by atoms with Gasteiger partial charge in [0.15, 0.2) is 0 Å². The largest absolute Gasteiger partial charge is 0.481 e. The van der Waals surface area contributed by atoms with Crippen LogP contribution in [0.15, 0.2) is 12.2 Å². The van der Waals surface area contributed by atoms with Crippen molar-refractivity contribution in [2.75, 3.05) is 12.4 Å². The Bertz CT molecular complexity index is 842. The van der Waals surface area contributed by atoms with Crippen LogP contribution in [-0.4, -0.2) is 30.1 Å². The summed E-state index contributed by atoms with van der Waals surface area (Å²) in [6.07, 6.45) is 10.7. The Morgan fingerprint density at radius 1 is 1.07 bits per heavy atom. The number of aliphatic carboxylic acids is 1. The molecule has 7 heteroatoms. The first-order valence-corrected chi connectivity index (χ1v) is 10.8. The van der Waals surface area contributed by atoms with Crippen molar-refractivity contribution in [1.82, 2.24) is 0 Å². The summed E-state index contributed by atoms with van der Waals surface area (Å²) in [5, 5.41) is 13.0. The van der Waals surface area contributed by atoms with Crippen molar-refractivity contribution in [1.29, 1.82) is 0 Å². The predicted octanol–water partition coefficient (Wildman–Crippen LogP) is 3.66. The number of esters is 1. The zero-order valence-corrected chi connectivity index (χ0v) is 16.7. The van der Waals surface area contributed by atoms with Crippen LogP contribution in [0.4, 0.5) is 5.00 Å². The molecular weight excluding hydrogens is 378 g/mol. The molecule has 0 saturated heterocycles. The average molecular weight is 404 g/mol. The lowest BCUT2D eigenvalue weighted by atomic mass is 9.82. The Morgan fingerprint density at radius 2 is 1.75 bits per heavy atom. The summed E-state index contributed by atoms with van der Waals surface area (Å²) in [7, 11) is 1.35. The maximum Gasteiger partial charge on any atom is 0.341 e. The second kappa shape index (κ2) is 7.70. The number of anilines is 1. The van der Waals surface area contributed by atoms with E-state index in [2.05, 4.69) is 5.32 Å². The molecule has 2 bridgehead atoms. The fourth-order valence-electron chi connectivity index (χ4n) is 5.04. The summed E-state index contributed by atoms with van der Waals surface area (Å²) in [4.78, 5) is 38.4. The molecule has 0 spiro atoms. The zero-order valence-electron chi connectivity index (χ0n) is 15.9. The molecule has 0 aromatic carbocycles. The van der Waals surface area contributed by atoms with Crippen LogP contribution in [0, 0.1) is 23.7 Å². The summed E-state index contributed by atoms with van der Waals surface area (Å²) in [5.41, 5.74) is 1.46. The number of thiophene rings is 1. The molecule has 1 aromatic rings. The first-order valence-electron chi connectivity index (χ1n) is 9.96. The van der Waals surface area contributed by atoms with Gasteiger partial charge in [-0.2, -0.15) is 0 Å². The fourth-order valence-corrected chi connectivity index (χ4v) is 6.32. The minimum atomic E-state index is -0.927. The number of ether oxygens (including phenoxy) is 1. The summed E-state index contributed by atoms with van der Waals surface area (Å²) in [6, 6.07) is 0. The first kappa shape index (κ1) is 19.2. The quantitative estimate of drug-likeness (QED) is 0.591. The summed E-state index contributed by atoms with van der Waals surface area (Å²) >= 11 is 1.45. The number of hydrogen-bond donors (Lipinski definition) is 2. The highest BCUT2D eigenvalue weighted by Crippen LogP contribution is 2.49. The molecule has 2 N–H and O–H groups in total. The van der Waals surface area contributed by atoms with E-state index in [1.165, 1.54) is 24.9 Å². The molecule has 150 valence electrons. The number of allylic oxidation sites excluding steroid dienone is 2. The van der Waals surface area contributed by atoms with E-state index in [9.17, 15) is 19.5 Å². The van der Waals surface area contributed by atoms with Gasteiger partial charge in [-0.05, 0) is 49.5 Å². The number of carbonyl (C=O) groups excluding carboxylic acids is 2. The lowest BCUT2D eigenvalue weighted by Crippen LogP contribution is -2.36. The molecule has 1 aromatic heterocycles. The van der Waals surface area contributed by atoms with Crippen molar-refractivity contribution in [2.24, 2.45) is 23.7 Å². The maximum atomic E-state index is 13.1. The number of nitrogens with one attached hydrogen (secondary N) is 1. The second-order valence-corrected chi connectivity index (χ2v) is 9.05. The van der Waals surface area contributed by atoms with Crippen molar-refractivity contribution in [3.05, 3.63) is 28.2 Å². The number of carboxylic acid groups (broad SMARTS) is 1. The summed E-state index contributed by atoms with van der Waals surface area (Å²) in [6.45, 7) is 0. The second-order valence-electron chi connectivity index (χ2n) is 7.94. The molecule has 1 heterocycles. The van der Waals surface area contributed by atoms with Gasteiger partial charge in [-0.15, -0.1) is 11.3 Å². The van der Waals surface area contributed by atoms with Gasteiger partial charge in [0.1, 0.15) is 5.00 Å². The van der Waals surface area contributed by atoms with Crippen LogP contribution in [0.3, 0.4) is 0 Å². The van der Waals surface area contributed by atoms with Crippen LogP contribution in [0.1, 0.15) is 52.9 Å². The Hall–Kier alpha value is -2.15. The number of amides is 1. The molecule has 4 rings (SSSR count). The number of carbonyl (C=O) groups is 3. The van der Waals surface area contributed by atoms with Gasteiger partial charge in [-0.25, -0.2) is 4.79 Å². The van der Waals surface area contributed by atoms with E-state index in [4.69, 9.17) is 4.74 Å². The smallest absolute Gasteiger partial charge is 0.341 e. The topological polar surface area (TPSA) is 92.7 Å². The SMILES string of the molecule is COC(=O)c1c(NC(=O)[C@@H]2[C@H](C(=O)O)[C@H]3C=C[C@H]2C3)sc2c1CCCCCC2. The van der Waals surface area contributed by atoms with Crippen LogP contribution in [0.2, 0.25) is 0 Å². The Balaban J connectivity index is 1.64. The van der Waals surface area contributed by atoms with Gasteiger partial charge < -0.3 is 15.2 Å². The van der Waals surface area contributed by atoms with Crippen molar-refractivity contribution >= 4 is 34.2 Å². The molecule has 0 aliphatic heterocycles. The molecule has 0 radical (unpaired) electrons. The van der Waals surface area contributed by atoms with E-state index in [-0.39, 0.29) is 17.7 Å². The highest BCUT2D eigenvalue weighted by molar-refractivity contribution is 7.17. The standard InChI is InChI=1S/C21H25NO5S/c1-27-21(26)17-13-6-4-2-3-5-7-14(13)28-19(17)22-18(23)15-11-8-9-12(10-11)16(15)20(24)25/h8-9,11-12,15-16H,2-7,10H2,1H3,(H,22,23)(H,24,25)/t11-,12-,15-,16+/m0/s1. The third-order valence-electron chi connectivity index (χ3n) is 6.34.